The molecule has 4 heteroatoms. The quantitative estimate of drug-likeness (QED) is 0.737. The minimum absolute atomic E-state index is 0.0313. The van der Waals surface area contributed by atoms with Gasteiger partial charge in [-0.05, 0) is 45.3 Å². The number of ether oxygens (including phenoxy) is 1. The standard InChI is InChI=1S/C11H19NO3/c1-12-5-2-8(3-6-12)10-9(11(13)14)4-7-15-10/h8-10H,2-7H2,1H3,(H,13,14)/t9-,10-/m1/s1. The normalized spacial score (nSPS) is 34.5. The van der Waals surface area contributed by atoms with Crippen LogP contribution in [0.5, 0.6) is 0 Å². The first-order chi connectivity index (χ1) is 7.18. The molecule has 2 rings (SSSR count). The van der Waals surface area contributed by atoms with E-state index in [1.54, 1.807) is 0 Å². The van der Waals surface area contributed by atoms with Crippen LogP contribution < -0.4 is 0 Å². The number of carboxylic acids is 1. The summed E-state index contributed by atoms with van der Waals surface area (Å²) < 4.78 is 5.60. The first kappa shape index (κ1) is 10.9. The first-order valence-electron chi connectivity index (χ1n) is 5.71. The van der Waals surface area contributed by atoms with Crippen molar-refractivity contribution in [2.75, 3.05) is 26.7 Å². The third kappa shape index (κ3) is 2.32. The Morgan fingerprint density at radius 2 is 2.00 bits per heavy atom. The van der Waals surface area contributed by atoms with Crippen LogP contribution in [0.4, 0.5) is 0 Å². The lowest BCUT2D eigenvalue weighted by Gasteiger charge is -2.33. The van der Waals surface area contributed by atoms with Crippen molar-refractivity contribution in [2.45, 2.75) is 25.4 Å². The molecule has 2 fully saturated rings. The van der Waals surface area contributed by atoms with E-state index in [0.717, 1.165) is 25.9 Å². The maximum absolute atomic E-state index is 11.0. The largest absolute Gasteiger partial charge is 0.481 e. The molecule has 2 saturated heterocycles. The van der Waals surface area contributed by atoms with Crippen LogP contribution in [0.2, 0.25) is 0 Å². The molecule has 15 heavy (non-hydrogen) atoms. The van der Waals surface area contributed by atoms with Gasteiger partial charge in [0, 0.05) is 6.61 Å². The Labute approximate surface area is 90.2 Å². The third-order valence-electron chi connectivity index (χ3n) is 3.68. The van der Waals surface area contributed by atoms with E-state index in [4.69, 9.17) is 9.84 Å². The Hall–Kier alpha value is -0.610. The van der Waals surface area contributed by atoms with Crippen molar-refractivity contribution >= 4 is 5.97 Å². The van der Waals surface area contributed by atoms with Crippen LogP contribution in [-0.4, -0.2) is 48.8 Å². The molecule has 1 N–H and O–H groups in total. The van der Waals surface area contributed by atoms with Crippen molar-refractivity contribution in [3.05, 3.63) is 0 Å². The lowest BCUT2D eigenvalue weighted by Crippen LogP contribution is -2.39. The summed E-state index contributed by atoms with van der Waals surface area (Å²) >= 11 is 0. The summed E-state index contributed by atoms with van der Waals surface area (Å²) in [7, 11) is 2.11. The monoisotopic (exact) mass is 213 g/mol. The Kier molecular flexibility index (Phi) is 3.26. The number of nitrogens with zero attached hydrogens (tertiary/aromatic N) is 1. The SMILES string of the molecule is CN1CCC([C@H]2OCC[C@H]2C(=O)O)CC1. The topological polar surface area (TPSA) is 49.8 Å². The molecule has 0 aliphatic carbocycles. The lowest BCUT2D eigenvalue weighted by molar-refractivity contribution is -0.145. The second kappa shape index (κ2) is 4.49. The molecule has 0 spiro atoms. The molecule has 0 bridgehead atoms. The number of carboxylic acid groups (broad SMARTS) is 1. The van der Waals surface area contributed by atoms with Gasteiger partial charge in [-0.25, -0.2) is 0 Å². The highest BCUT2D eigenvalue weighted by Gasteiger charge is 2.39. The van der Waals surface area contributed by atoms with Gasteiger partial charge in [-0.2, -0.15) is 0 Å². The zero-order chi connectivity index (χ0) is 10.8. The van der Waals surface area contributed by atoms with Crippen LogP contribution in [0, 0.1) is 11.8 Å². The van der Waals surface area contributed by atoms with Crippen LogP contribution in [0.3, 0.4) is 0 Å². The fraction of sp³-hybridized carbons (Fsp3) is 0.909. The molecule has 2 atom stereocenters. The molecule has 86 valence electrons. The number of rotatable bonds is 2. The first-order valence-corrected chi connectivity index (χ1v) is 5.71. The number of aliphatic carboxylic acids is 1. The number of hydrogen-bond acceptors (Lipinski definition) is 3. The van der Waals surface area contributed by atoms with Gasteiger partial charge in [-0.15, -0.1) is 0 Å². The van der Waals surface area contributed by atoms with Crippen LogP contribution in [0.25, 0.3) is 0 Å². The maximum atomic E-state index is 11.0. The van der Waals surface area contributed by atoms with Crippen molar-refractivity contribution in [3.8, 4) is 0 Å². The molecule has 2 aliphatic heterocycles. The molecule has 0 aromatic carbocycles. The van der Waals surface area contributed by atoms with E-state index in [-0.39, 0.29) is 12.0 Å². The average Bonchev–Trinajstić information content (AvgIpc) is 2.67. The summed E-state index contributed by atoms with van der Waals surface area (Å²) in [6, 6.07) is 0. The minimum Gasteiger partial charge on any atom is -0.481 e. The van der Waals surface area contributed by atoms with Crippen LogP contribution in [0.15, 0.2) is 0 Å². The summed E-state index contributed by atoms with van der Waals surface area (Å²) in [6.07, 6.45) is 2.80. The van der Waals surface area contributed by atoms with Crippen molar-refractivity contribution in [3.63, 3.8) is 0 Å². The zero-order valence-corrected chi connectivity index (χ0v) is 9.19. The van der Waals surface area contributed by atoms with Crippen molar-refractivity contribution < 1.29 is 14.6 Å². The van der Waals surface area contributed by atoms with Gasteiger partial charge >= 0.3 is 5.97 Å². The summed E-state index contributed by atoms with van der Waals surface area (Å²) in [6.45, 7) is 2.75. The summed E-state index contributed by atoms with van der Waals surface area (Å²) in [4.78, 5) is 13.3. The molecule has 0 aromatic heterocycles. The molecule has 0 radical (unpaired) electrons. The van der Waals surface area contributed by atoms with Crippen molar-refractivity contribution in [1.29, 1.82) is 0 Å². The summed E-state index contributed by atoms with van der Waals surface area (Å²) in [5.74, 6) is -0.500. The molecule has 0 saturated carbocycles. The van der Waals surface area contributed by atoms with Crippen LogP contribution >= 0.6 is 0 Å². The number of likely N-dealkylation sites (tertiary alicyclic amines) is 1. The zero-order valence-electron chi connectivity index (χ0n) is 9.19. The molecule has 2 heterocycles. The van der Waals surface area contributed by atoms with Gasteiger partial charge in [-0.1, -0.05) is 0 Å². The van der Waals surface area contributed by atoms with Gasteiger partial charge in [-0.3, -0.25) is 4.79 Å². The smallest absolute Gasteiger partial charge is 0.309 e. The number of hydrogen-bond donors (Lipinski definition) is 1. The van der Waals surface area contributed by atoms with Crippen molar-refractivity contribution in [1.82, 2.24) is 4.90 Å². The Balaban J connectivity index is 1.94. The van der Waals surface area contributed by atoms with E-state index in [1.807, 2.05) is 0 Å². The van der Waals surface area contributed by atoms with Gasteiger partial charge < -0.3 is 14.7 Å². The van der Waals surface area contributed by atoms with Gasteiger partial charge in [0.15, 0.2) is 0 Å². The third-order valence-corrected chi connectivity index (χ3v) is 3.68. The van der Waals surface area contributed by atoms with E-state index >= 15 is 0 Å². The number of carbonyl (C=O) groups is 1. The minimum atomic E-state index is -0.684. The Morgan fingerprint density at radius 1 is 1.33 bits per heavy atom. The molecular formula is C11H19NO3. The fourth-order valence-electron chi connectivity index (χ4n) is 2.70. The van der Waals surface area contributed by atoms with Gasteiger partial charge in [0.25, 0.3) is 0 Å². The molecule has 2 aliphatic rings. The van der Waals surface area contributed by atoms with E-state index in [0.29, 0.717) is 18.9 Å². The van der Waals surface area contributed by atoms with Gasteiger partial charge in [0.05, 0.1) is 12.0 Å². The van der Waals surface area contributed by atoms with Gasteiger partial charge in [0.1, 0.15) is 0 Å². The summed E-state index contributed by atoms with van der Waals surface area (Å²) in [5.41, 5.74) is 0. The van der Waals surface area contributed by atoms with Crippen molar-refractivity contribution in [2.24, 2.45) is 11.8 Å². The predicted molar refractivity (Wildman–Crippen MR) is 55.7 cm³/mol. The molecule has 0 unspecified atom stereocenters. The summed E-state index contributed by atoms with van der Waals surface area (Å²) in [5, 5.41) is 9.08. The molecular weight excluding hydrogens is 194 g/mol. The predicted octanol–water partition coefficient (Wildman–Crippen LogP) is 0.818. The van der Waals surface area contributed by atoms with E-state index in [9.17, 15) is 4.79 Å². The lowest BCUT2D eigenvalue weighted by atomic mass is 9.84. The molecule has 0 aromatic rings. The number of piperidine rings is 1. The second-order valence-electron chi connectivity index (χ2n) is 4.71. The molecule has 4 nitrogen and oxygen atoms in total. The highest BCUT2D eigenvalue weighted by atomic mass is 16.5. The fourth-order valence-corrected chi connectivity index (χ4v) is 2.70. The maximum Gasteiger partial charge on any atom is 0.309 e. The van der Waals surface area contributed by atoms with E-state index in [1.165, 1.54) is 0 Å². The Morgan fingerprint density at radius 3 is 2.60 bits per heavy atom. The Bertz CT molecular complexity index is 236. The van der Waals surface area contributed by atoms with Crippen LogP contribution in [0.1, 0.15) is 19.3 Å². The molecule has 0 amide bonds. The van der Waals surface area contributed by atoms with E-state index in [2.05, 4.69) is 11.9 Å². The van der Waals surface area contributed by atoms with Gasteiger partial charge in [0.2, 0.25) is 0 Å². The van der Waals surface area contributed by atoms with E-state index < -0.39 is 5.97 Å². The highest BCUT2D eigenvalue weighted by Crippen LogP contribution is 2.32. The van der Waals surface area contributed by atoms with Crippen LogP contribution in [-0.2, 0) is 9.53 Å². The average molecular weight is 213 g/mol. The second-order valence-corrected chi connectivity index (χ2v) is 4.71. The highest BCUT2D eigenvalue weighted by molar-refractivity contribution is 5.71.